The molecule has 0 aliphatic carbocycles. The molecule has 0 aliphatic heterocycles. The summed E-state index contributed by atoms with van der Waals surface area (Å²) in [6, 6.07) is 5.31. The molecule has 0 bridgehead atoms. The number of sulfonamides is 1. The van der Waals surface area contributed by atoms with Crippen LogP contribution in [-0.4, -0.2) is 13.5 Å². The smallest absolute Gasteiger partial charge is 0.244 e. The number of hydrogen-bond acceptors (Lipinski definition) is 4. The summed E-state index contributed by atoms with van der Waals surface area (Å²) in [7, 11) is -4.09. The van der Waals surface area contributed by atoms with Gasteiger partial charge in [-0.15, -0.1) is 11.3 Å². The summed E-state index contributed by atoms with van der Waals surface area (Å²) in [6.07, 6.45) is 0. The van der Waals surface area contributed by atoms with Crippen molar-refractivity contribution in [3.8, 4) is 0 Å². The summed E-state index contributed by atoms with van der Waals surface area (Å²) in [5.41, 5.74) is -0.161. The molecule has 0 radical (unpaired) electrons. The molecule has 8 heteroatoms. The van der Waals surface area contributed by atoms with Crippen molar-refractivity contribution in [3.63, 3.8) is 0 Å². The highest BCUT2D eigenvalue weighted by Crippen LogP contribution is 2.26. The first-order valence-corrected chi connectivity index (χ1v) is 8.73. The Morgan fingerprint density at radius 3 is 2.76 bits per heavy atom. The van der Waals surface area contributed by atoms with Gasteiger partial charge in [-0.1, -0.05) is 17.7 Å². The van der Waals surface area contributed by atoms with Crippen LogP contribution in [0, 0.1) is 5.82 Å². The number of halogens is 2. The molecule has 1 unspecified atom stereocenters. The normalized spacial score (nSPS) is 13.3. The Balaban J connectivity index is 2.38. The maximum atomic E-state index is 14.1. The van der Waals surface area contributed by atoms with Gasteiger partial charge in [0.25, 0.3) is 0 Å². The number of rotatable bonds is 5. The maximum absolute atomic E-state index is 14.1. The second-order valence-electron chi connectivity index (χ2n) is 4.39. The zero-order valence-corrected chi connectivity index (χ0v) is 13.4. The lowest BCUT2D eigenvalue weighted by molar-refractivity contribution is 0.274. The van der Waals surface area contributed by atoms with Crippen LogP contribution in [-0.2, 0) is 16.6 Å². The molecular weight excluding hydrogens is 337 g/mol. The molecule has 0 amide bonds. The van der Waals surface area contributed by atoms with E-state index >= 15 is 0 Å². The average Bonchev–Trinajstić information content (AvgIpc) is 2.94. The van der Waals surface area contributed by atoms with E-state index in [1.54, 1.807) is 19.1 Å². The fraction of sp³-hybridized carbons (Fsp3) is 0.231. The minimum absolute atomic E-state index is 0.0459. The summed E-state index contributed by atoms with van der Waals surface area (Å²) in [6.45, 7) is 1.04. The number of aliphatic hydroxyl groups excluding tert-OH is 1. The lowest BCUT2D eigenvalue weighted by Crippen LogP contribution is -2.27. The van der Waals surface area contributed by atoms with Gasteiger partial charge >= 0.3 is 0 Å². The zero-order valence-electron chi connectivity index (χ0n) is 11.0. The highest BCUT2D eigenvalue weighted by atomic mass is 35.5. The van der Waals surface area contributed by atoms with E-state index in [1.807, 2.05) is 5.38 Å². The van der Waals surface area contributed by atoms with Crippen molar-refractivity contribution in [1.82, 2.24) is 4.72 Å². The molecule has 0 aliphatic rings. The zero-order chi connectivity index (χ0) is 15.6. The molecule has 0 saturated carbocycles. The van der Waals surface area contributed by atoms with Gasteiger partial charge in [0.05, 0.1) is 12.6 Å². The maximum Gasteiger partial charge on any atom is 0.244 e. The van der Waals surface area contributed by atoms with Crippen molar-refractivity contribution >= 4 is 33.0 Å². The Kier molecular flexibility index (Phi) is 5.00. The minimum atomic E-state index is -4.09. The van der Waals surface area contributed by atoms with Crippen LogP contribution in [0.4, 0.5) is 4.39 Å². The first-order chi connectivity index (χ1) is 9.85. The lowest BCUT2D eigenvalue weighted by atomic mass is 10.2. The number of hydrogen-bond donors (Lipinski definition) is 2. The van der Waals surface area contributed by atoms with E-state index in [-0.39, 0.29) is 10.6 Å². The lowest BCUT2D eigenvalue weighted by Gasteiger charge is -2.14. The molecule has 2 N–H and O–H groups in total. The quantitative estimate of drug-likeness (QED) is 0.871. The molecule has 1 aromatic carbocycles. The number of benzene rings is 1. The summed E-state index contributed by atoms with van der Waals surface area (Å²) in [5.74, 6) is -0.993. The number of aliphatic hydroxyl groups is 1. The van der Waals surface area contributed by atoms with Crippen molar-refractivity contribution in [3.05, 3.63) is 50.9 Å². The minimum Gasteiger partial charge on any atom is -0.392 e. The number of thiophene rings is 1. The summed E-state index contributed by atoms with van der Waals surface area (Å²) in [4.78, 5) is 0.242. The van der Waals surface area contributed by atoms with Crippen molar-refractivity contribution < 1.29 is 17.9 Å². The molecule has 1 heterocycles. The van der Waals surface area contributed by atoms with Crippen LogP contribution < -0.4 is 4.72 Å². The molecule has 114 valence electrons. The predicted octanol–water partition coefficient (Wildman–Crippen LogP) is 3.07. The summed E-state index contributed by atoms with van der Waals surface area (Å²) in [5, 5.41) is 10.9. The molecule has 21 heavy (non-hydrogen) atoms. The highest BCUT2D eigenvalue weighted by Gasteiger charge is 2.24. The van der Waals surface area contributed by atoms with E-state index in [0.29, 0.717) is 0 Å². The van der Waals surface area contributed by atoms with Crippen molar-refractivity contribution in [2.24, 2.45) is 0 Å². The molecule has 0 saturated heterocycles. The molecule has 0 fully saturated rings. The second kappa shape index (κ2) is 6.41. The average molecular weight is 350 g/mol. The first-order valence-electron chi connectivity index (χ1n) is 5.99. The van der Waals surface area contributed by atoms with Crippen LogP contribution >= 0.6 is 22.9 Å². The van der Waals surface area contributed by atoms with E-state index in [9.17, 15) is 12.8 Å². The fourth-order valence-corrected chi connectivity index (χ4v) is 4.30. The molecule has 2 aromatic rings. The Labute approximate surface area is 131 Å². The summed E-state index contributed by atoms with van der Waals surface area (Å²) >= 11 is 7.17. The molecule has 0 spiro atoms. The Morgan fingerprint density at radius 2 is 2.19 bits per heavy atom. The third-order valence-corrected chi connectivity index (χ3v) is 5.65. The van der Waals surface area contributed by atoms with E-state index < -0.39 is 33.4 Å². The standard InChI is InChI=1S/C13H13ClFNO3S2/c1-8(11-3-2-4-20-11)16-21(18,19)12-6-10(14)5-9(7-17)13(12)15/h2-6,8,16-17H,7H2,1H3. The summed E-state index contributed by atoms with van der Waals surface area (Å²) < 4.78 is 41.1. The SMILES string of the molecule is CC(NS(=O)(=O)c1cc(Cl)cc(CO)c1F)c1cccs1. The van der Waals surface area contributed by atoms with Crippen molar-refractivity contribution in [2.75, 3.05) is 0 Å². The van der Waals surface area contributed by atoms with Crippen molar-refractivity contribution in [2.45, 2.75) is 24.5 Å². The molecule has 2 rings (SSSR count). The monoisotopic (exact) mass is 349 g/mol. The fourth-order valence-electron chi connectivity index (χ4n) is 1.82. The van der Waals surface area contributed by atoms with Gasteiger partial charge in [-0.2, -0.15) is 0 Å². The highest BCUT2D eigenvalue weighted by molar-refractivity contribution is 7.89. The van der Waals surface area contributed by atoms with E-state index in [0.717, 1.165) is 10.9 Å². The third kappa shape index (κ3) is 3.61. The van der Waals surface area contributed by atoms with Crippen molar-refractivity contribution in [1.29, 1.82) is 0 Å². The Hall–Kier alpha value is -0.990. The molecular formula is C13H13ClFNO3S2. The van der Waals surface area contributed by atoms with Crippen LogP contribution in [0.1, 0.15) is 23.4 Å². The van der Waals surface area contributed by atoms with Gasteiger partial charge in [-0.25, -0.2) is 17.5 Å². The predicted molar refractivity (Wildman–Crippen MR) is 80.4 cm³/mol. The second-order valence-corrected chi connectivity index (χ2v) is 7.49. The van der Waals surface area contributed by atoms with E-state index in [2.05, 4.69) is 4.72 Å². The van der Waals surface area contributed by atoms with Gasteiger partial charge in [0.15, 0.2) is 0 Å². The Bertz CT molecular complexity index is 732. The Morgan fingerprint density at radius 1 is 1.48 bits per heavy atom. The van der Waals surface area contributed by atoms with E-state index in [4.69, 9.17) is 16.7 Å². The van der Waals surface area contributed by atoms with Gasteiger partial charge in [-0.05, 0) is 30.5 Å². The van der Waals surface area contributed by atoms with Gasteiger partial charge in [0, 0.05) is 15.5 Å². The van der Waals surface area contributed by atoms with Crippen LogP contribution in [0.3, 0.4) is 0 Å². The van der Waals surface area contributed by atoms with Gasteiger partial charge < -0.3 is 5.11 Å². The largest absolute Gasteiger partial charge is 0.392 e. The molecule has 1 atom stereocenters. The van der Waals surface area contributed by atoms with Crippen LogP contribution in [0.25, 0.3) is 0 Å². The van der Waals surface area contributed by atoms with Crippen LogP contribution in [0.2, 0.25) is 5.02 Å². The van der Waals surface area contributed by atoms with E-state index in [1.165, 1.54) is 17.4 Å². The molecule has 1 aromatic heterocycles. The molecule has 4 nitrogen and oxygen atoms in total. The first kappa shape index (κ1) is 16.4. The third-order valence-electron chi connectivity index (χ3n) is 2.84. The van der Waals surface area contributed by atoms with Crippen LogP contribution in [0.15, 0.2) is 34.5 Å². The topological polar surface area (TPSA) is 66.4 Å². The van der Waals surface area contributed by atoms with Gasteiger partial charge in [-0.3, -0.25) is 0 Å². The number of nitrogens with one attached hydrogen (secondary N) is 1. The van der Waals surface area contributed by atoms with Gasteiger partial charge in [0.1, 0.15) is 10.7 Å². The van der Waals surface area contributed by atoms with Crippen LogP contribution in [0.5, 0.6) is 0 Å². The van der Waals surface area contributed by atoms with Gasteiger partial charge in [0.2, 0.25) is 10.0 Å².